The molecule has 8 heteroatoms. The van der Waals surface area contributed by atoms with Crippen LogP contribution in [0.15, 0.2) is 71.3 Å². The van der Waals surface area contributed by atoms with E-state index in [-0.39, 0.29) is 24.9 Å². The molecule has 0 aliphatic rings. The lowest BCUT2D eigenvalue weighted by molar-refractivity contribution is -0.120. The first-order valence-corrected chi connectivity index (χ1v) is 9.48. The van der Waals surface area contributed by atoms with Gasteiger partial charge in [0.15, 0.2) is 0 Å². The Hall–Kier alpha value is -3.26. The van der Waals surface area contributed by atoms with Gasteiger partial charge in [-0.15, -0.1) is 0 Å². The molecule has 3 rings (SSSR count). The number of amides is 2. The molecule has 0 fully saturated rings. The standard InChI is InChI=1S/C21H17BrFN3O3/c22-16-4-1-3-15(9-16)21(28)26-13-19(27)24-11-14-7-8-20(25-12-14)29-18-6-2-5-17(23)10-18/h1-10,12H,11,13H2,(H,24,27)(H,26,28). The smallest absolute Gasteiger partial charge is 0.251 e. The van der Waals surface area contributed by atoms with Crippen LogP contribution in [0, 0.1) is 5.82 Å². The zero-order valence-corrected chi connectivity index (χ0v) is 16.8. The molecule has 1 aromatic heterocycles. The maximum absolute atomic E-state index is 13.2. The summed E-state index contributed by atoms with van der Waals surface area (Å²) in [5.74, 6) is -0.393. The average molecular weight is 458 g/mol. The minimum atomic E-state index is -0.395. The van der Waals surface area contributed by atoms with Gasteiger partial charge in [0, 0.05) is 34.9 Å². The van der Waals surface area contributed by atoms with E-state index in [1.807, 2.05) is 6.07 Å². The number of carbonyl (C=O) groups excluding carboxylic acids is 2. The second kappa shape index (κ2) is 9.79. The normalized spacial score (nSPS) is 10.3. The number of hydrogen-bond acceptors (Lipinski definition) is 4. The molecule has 1 heterocycles. The molecule has 0 unspecified atom stereocenters. The first-order valence-electron chi connectivity index (χ1n) is 8.68. The Labute approximate surface area is 175 Å². The fourth-order valence-corrected chi connectivity index (χ4v) is 2.78. The SMILES string of the molecule is O=C(CNC(=O)c1cccc(Br)c1)NCc1ccc(Oc2cccc(F)c2)nc1. The second-order valence-corrected chi connectivity index (χ2v) is 6.95. The fourth-order valence-electron chi connectivity index (χ4n) is 2.38. The highest BCUT2D eigenvalue weighted by Crippen LogP contribution is 2.20. The summed E-state index contributed by atoms with van der Waals surface area (Å²) < 4.78 is 19.4. The highest BCUT2D eigenvalue weighted by atomic mass is 79.9. The Morgan fingerprint density at radius 1 is 1.03 bits per heavy atom. The third-order valence-electron chi connectivity index (χ3n) is 3.80. The molecule has 148 valence electrons. The molecular formula is C21H17BrFN3O3. The van der Waals surface area contributed by atoms with Gasteiger partial charge in [-0.2, -0.15) is 0 Å². The third kappa shape index (κ3) is 6.39. The highest BCUT2D eigenvalue weighted by molar-refractivity contribution is 9.10. The Morgan fingerprint density at radius 3 is 2.59 bits per heavy atom. The van der Waals surface area contributed by atoms with Gasteiger partial charge in [-0.1, -0.05) is 34.1 Å². The van der Waals surface area contributed by atoms with Crippen LogP contribution in [-0.2, 0) is 11.3 Å². The minimum absolute atomic E-state index is 0.139. The fraction of sp³-hybridized carbons (Fsp3) is 0.0952. The third-order valence-corrected chi connectivity index (χ3v) is 4.30. The van der Waals surface area contributed by atoms with Gasteiger partial charge in [-0.3, -0.25) is 9.59 Å². The molecule has 2 N–H and O–H groups in total. The van der Waals surface area contributed by atoms with E-state index in [1.54, 1.807) is 48.7 Å². The summed E-state index contributed by atoms with van der Waals surface area (Å²) in [6.07, 6.45) is 1.55. The summed E-state index contributed by atoms with van der Waals surface area (Å²) >= 11 is 3.30. The first kappa shape index (κ1) is 20.5. The van der Waals surface area contributed by atoms with Gasteiger partial charge in [-0.25, -0.2) is 9.37 Å². The highest BCUT2D eigenvalue weighted by Gasteiger charge is 2.08. The maximum atomic E-state index is 13.2. The van der Waals surface area contributed by atoms with Crippen molar-refractivity contribution in [2.24, 2.45) is 0 Å². The van der Waals surface area contributed by atoms with E-state index in [0.29, 0.717) is 17.2 Å². The van der Waals surface area contributed by atoms with Crippen molar-refractivity contribution in [3.8, 4) is 11.6 Å². The summed E-state index contributed by atoms with van der Waals surface area (Å²) in [5.41, 5.74) is 1.22. The lowest BCUT2D eigenvalue weighted by Crippen LogP contribution is -2.36. The number of nitrogens with one attached hydrogen (secondary N) is 2. The van der Waals surface area contributed by atoms with E-state index in [2.05, 4.69) is 31.5 Å². The summed E-state index contributed by atoms with van der Waals surface area (Å²) in [4.78, 5) is 28.1. The quantitative estimate of drug-likeness (QED) is 0.564. The summed E-state index contributed by atoms with van der Waals surface area (Å²) in [6.45, 7) is 0.109. The van der Waals surface area contributed by atoms with Crippen molar-refractivity contribution in [3.63, 3.8) is 0 Å². The first-order chi connectivity index (χ1) is 14.0. The number of hydrogen-bond donors (Lipinski definition) is 2. The number of nitrogens with zero attached hydrogens (tertiary/aromatic N) is 1. The zero-order valence-electron chi connectivity index (χ0n) is 15.2. The number of pyridine rings is 1. The zero-order chi connectivity index (χ0) is 20.6. The van der Waals surface area contributed by atoms with Gasteiger partial charge >= 0.3 is 0 Å². The Bertz CT molecular complexity index is 1010. The van der Waals surface area contributed by atoms with Gasteiger partial charge in [0.1, 0.15) is 11.6 Å². The molecule has 0 saturated carbocycles. The predicted molar refractivity (Wildman–Crippen MR) is 109 cm³/mol. The molecule has 2 amide bonds. The predicted octanol–water partition coefficient (Wildman–Crippen LogP) is 3.82. The number of halogens is 2. The van der Waals surface area contributed by atoms with Crippen molar-refractivity contribution in [2.45, 2.75) is 6.54 Å². The van der Waals surface area contributed by atoms with Gasteiger partial charge < -0.3 is 15.4 Å². The molecule has 0 saturated heterocycles. The number of benzene rings is 2. The summed E-state index contributed by atoms with van der Waals surface area (Å²) in [5, 5.41) is 5.27. The van der Waals surface area contributed by atoms with E-state index in [4.69, 9.17) is 4.74 Å². The second-order valence-electron chi connectivity index (χ2n) is 6.03. The molecule has 0 aliphatic carbocycles. The van der Waals surface area contributed by atoms with Crippen LogP contribution in [0.2, 0.25) is 0 Å². The van der Waals surface area contributed by atoms with Gasteiger partial charge in [0.05, 0.1) is 6.54 Å². The van der Waals surface area contributed by atoms with E-state index in [0.717, 1.165) is 10.0 Å². The topological polar surface area (TPSA) is 80.3 Å². The Balaban J connectivity index is 1.44. The van der Waals surface area contributed by atoms with Gasteiger partial charge in [0.2, 0.25) is 11.8 Å². The van der Waals surface area contributed by atoms with E-state index in [1.165, 1.54) is 12.1 Å². The lowest BCUT2D eigenvalue weighted by atomic mass is 10.2. The summed E-state index contributed by atoms with van der Waals surface area (Å²) in [7, 11) is 0. The average Bonchev–Trinajstić information content (AvgIpc) is 2.71. The van der Waals surface area contributed by atoms with Crippen LogP contribution < -0.4 is 15.4 Å². The molecule has 0 atom stereocenters. The van der Waals surface area contributed by atoms with E-state index >= 15 is 0 Å². The van der Waals surface area contributed by atoms with Crippen molar-refractivity contribution >= 4 is 27.7 Å². The maximum Gasteiger partial charge on any atom is 0.251 e. The van der Waals surface area contributed by atoms with Crippen molar-refractivity contribution in [1.29, 1.82) is 0 Å². The molecule has 3 aromatic rings. The summed E-state index contributed by atoms with van der Waals surface area (Å²) in [6, 6.07) is 16.0. The monoisotopic (exact) mass is 457 g/mol. The van der Waals surface area contributed by atoms with Crippen LogP contribution in [0.25, 0.3) is 0 Å². The lowest BCUT2D eigenvalue weighted by Gasteiger charge is -2.08. The largest absolute Gasteiger partial charge is 0.439 e. The molecule has 0 aliphatic heterocycles. The number of rotatable bonds is 7. The van der Waals surface area contributed by atoms with Gasteiger partial charge in [-0.05, 0) is 35.9 Å². The molecule has 29 heavy (non-hydrogen) atoms. The van der Waals surface area contributed by atoms with Crippen molar-refractivity contribution < 1.29 is 18.7 Å². The van der Waals surface area contributed by atoms with Crippen molar-refractivity contribution in [3.05, 3.63) is 88.3 Å². The Morgan fingerprint density at radius 2 is 1.86 bits per heavy atom. The molecule has 6 nitrogen and oxygen atoms in total. The van der Waals surface area contributed by atoms with Crippen LogP contribution in [0.4, 0.5) is 4.39 Å². The van der Waals surface area contributed by atoms with Gasteiger partial charge in [0.25, 0.3) is 5.91 Å². The minimum Gasteiger partial charge on any atom is -0.439 e. The van der Waals surface area contributed by atoms with Crippen LogP contribution in [0.5, 0.6) is 11.6 Å². The van der Waals surface area contributed by atoms with Crippen LogP contribution in [0.1, 0.15) is 15.9 Å². The van der Waals surface area contributed by atoms with Crippen LogP contribution in [0.3, 0.4) is 0 Å². The molecule has 0 radical (unpaired) electrons. The molecule has 0 bridgehead atoms. The van der Waals surface area contributed by atoms with E-state index in [9.17, 15) is 14.0 Å². The van der Waals surface area contributed by atoms with Crippen molar-refractivity contribution in [1.82, 2.24) is 15.6 Å². The number of carbonyl (C=O) groups is 2. The molecule has 2 aromatic carbocycles. The molecule has 0 spiro atoms. The number of ether oxygens (including phenoxy) is 1. The van der Waals surface area contributed by atoms with Crippen LogP contribution >= 0.6 is 15.9 Å². The number of aromatic nitrogens is 1. The van der Waals surface area contributed by atoms with Crippen LogP contribution in [-0.4, -0.2) is 23.3 Å². The van der Waals surface area contributed by atoms with Crippen molar-refractivity contribution in [2.75, 3.05) is 6.54 Å². The molecular weight excluding hydrogens is 441 g/mol. The van der Waals surface area contributed by atoms with E-state index < -0.39 is 5.82 Å². The Kier molecular flexibility index (Phi) is 6.91.